The van der Waals surface area contributed by atoms with E-state index < -0.39 is 0 Å². The highest BCUT2D eigenvalue weighted by Crippen LogP contribution is 2.53. The molecule has 1 saturated carbocycles. The Balaban J connectivity index is 1.62. The molecule has 0 N–H and O–H groups in total. The Kier molecular flexibility index (Phi) is 4.40. The predicted molar refractivity (Wildman–Crippen MR) is 109 cm³/mol. The van der Waals surface area contributed by atoms with Crippen molar-refractivity contribution in [3.05, 3.63) is 27.1 Å². The van der Waals surface area contributed by atoms with Crippen LogP contribution >= 0.6 is 31.9 Å². The summed E-state index contributed by atoms with van der Waals surface area (Å²) in [6, 6.07) is 5.63. The maximum atomic E-state index is 13.2. The molecule has 2 bridgehead atoms. The van der Waals surface area contributed by atoms with Crippen LogP contribution in [0.15, 0.2) is 27.1 Å². The van der Waals surface area contributed by atoms with E-state index in [1.165, 1.54) is 11.3 Å². The summed E-state index contributed by atoms with van der Waals surface area (Å²) in [6.45, 7) is 7.91. The number of hydrogen-bond donors (Lipinski definition) is 0. The largest absolute Gasteiger partial charge is 0.288 e. The first kappa shape index (κ1) is 18.6. The van der Waals surface area contributed by atoms with Gasteiger partial charge in [-0.3, -0.25) is 14.5 Å². The number of halogens is 2. The molecule has 1 aromatic carbocycles. The van der Waals surface area contributed by atoms with E-state index >= 15 is 0 Å². The zero-order valence-electron chi connectivity index (χ0n) is 15.4. The van der Waals surface area contributed by atoms with E-state index in [0.29, 0.717) is 17.1 Å². The molecule has 1 aliphatic carbocycles. The highest BCUT2D eigenvalue weighted by atomic mass is 79.9. The first-order chi connectivity index (χ1) is 12.1. The molecule has 3 fully saturated rings. The van der Waals surface area contributed by atoms with Gasteiger partial charge in [-0.2, -0.15) is 0 Å². The van der Waals surface area contributed by atoms with Crippen LogP contribution < -0.4 is 4.90 Å². The van der Waals surface area contributed by atoms with Gasteiger partial charge in [0.1, 0.15) is 0 Å². The van der Waals surface area contributed by atoms with E-state index in [1.807, 2.05) is 18.2 Å². The molecule has 6 heteroatoms. The quantitative estimate of drug-likeness (QED) is 0.570. The topological polar surface area (TPSA) is 40.6 Å². The van der Waals surface area contributed by atoms with Crippen LogP contribution in [0.4, 0.5) is 5.69 Å². The normalized spacial score (nSPS) is 34.0. The van der Waals surface area contributed by atoms with Crippen LogP contribution in [0, 0.1) is 10.8 Å². The number of rotatable bonds is 2. The average Bonchev–Trinajstić information content (AvgIpc) is 2.92. The van der Waals surface area contributed by atoms with E-state index in [4.69, 9.17) is 0 Å². The van der Waals surface area contributed by atoms with Crippen LogP contribution in [0.1, 0.15) is 46.5 Å². The molecular weight excluding hydrogens is 460 g/mol. The third kappa shape index (κ3) is 3.08. The van der Waals surface area contributed by atoms with Gasteiger partial charge < -0.3 is 0 Å². The monoisotopic (exact) mass is 482 g/mol. The second-order valence-corrected chi connectivity index (χ2v) is 11.0. The van der Waals surface area contributed by atoms with Crippen LogP contribution in [0.3, 0.4) is 0 Å². The summed E-state index contributed by atoms with van der Waals surface area (Å²) in [5, 5.41) is 0. The Labute approximate surface area is 171 Å². The minimum atomic E-state index is -0.321. The van der Waals surface area contributed by atoms with Crippen molar-refractivity contribution < 1.29 is 9.59 Å². The third-order valence-corrected chi connectivity index (χ3v) is 7.26. The maximum Gasteiger partial charge on any atom is 0.251 e. The second-order valence-electron chi connectivity index (χ2n) is 9.27. The summed E-state index contributed by atoms with van der Waals surface area (Å²) in [7, 11) is 0. The third-order valence-electron chi connectivity index (χ3n) is 6.13. The molecule has 26 heavy (non-hydrogen) atoms. The van der Waals surface area contributed by atoms with E-state index in [1.54, 1.807) is 0 Å². The summed E-state index contributed by atoms with van der Waals surface area (Å²) in [6.07, 6.45) is 3.71. The summed E-state index contributed by atoms with van der Waals surface area (Å²) < 4.78 is 1.66. The van der Waals surface area contributed by atoms with Crippen molar-refractivity contribution in [2.45, 2.75) is 58.5 Å². The molecule has 2 saturated heterocycles. The Morgan fingerprint density at radius 3 is 2.54 bits per heavy atom. The fourth-order valence-corrected chi connectivity index (χ4v) is 6.88. The van der Waals surface area contributed by atoms with Gasteiger partial charge >= 0.3 is 0 Å². The fourth-order valence-electron chi connectivity index (χ4n) is 5.66. The van der Waals surface area contributed by atoms with Gasteiger partial charge in [-0.1, -0.05) is 36.7 Å². The molecule has 4 rings (SSSR count). The van der Waals surface area contributed by atoms with Crippen molar-refractivity contribution >= 4 is 49.4 Å². The number of imide groups is 1. The van der Waals surface area contributed by atoms with Gasteiger partial charge in [0.05, 0.1) is 18.2 Å². The van der Waals surface area contributed by atoms with E-state index in [2.05, 4.69) is 57.5 Å². The lowest BCUT2D eigenvalue weighted by atomic mass is 9.65. The van der Waals surface area contributed by atoms with Crippen LogP contribution in [0.2, 0.25) is 0 Å². The van der Waals surface area contributed by atoms with E-state index in [9.17, 15) is 9.59 Å². The van der Waals surface area contributed by atoms with Crippen LogP contribution in [0.5, 0.6) is 0 Å². The number of carbonyl (C=O) groups is 2. The molecule has 4 nitrogen and oxygen atoms in total. The van der Waals surface area contributed by atoms with Crippen molar-refractivity contribution in [2.24, 2.45) is 10.8 Å². The SMILES string of the molecule is CC1(C)CC2C[C@](C)(CN2C2CC(=O)N(c3ccc(Br)cc3Br)C2=O)C1. The number of amides is 2. The van der Waals surface area contributed by atoms with Gasteiger partial charge in [-0.05, 0) is 64.2 Å². The van der Waals surface area contributed by atoms with Crippen molar-refractivity contribution in [3.63, 3.8) is 0 Å². The van der Waals surface area contributed by atoms with Crippen molar-refractivity contribution in [3.8, 4) is 0 Å². The number of hydrogen-bond acceptors (Lipinski definition) is 3. The van der Waals surface area contributed by atoms with Crippen molar-refractivity contribution in [2.75, 3.05) is 11.4 Å². The summed E-state index contributed by atoms with van der Waals surface area (Å²) >= 11 is 6.92. The number of benzene rings is 1. The standard InChI is InChI=1S/C20H24Br2N2O2/c1-19(2)8-13-9-20(3,10-19)11-23(13)16-7-17(25)24(18(16)26)15-5-4-12(21)6-14(15)22/h4-6,13,16H,7-11H2,1-3H3/t13?,16?,20-/m0/s1. The van der Waals surface area contributed by atoms with Gasteiger partial charge in [-0.15, -0.1) is 0 Å². The molecule has 1 aromatic rings. The Morgan fingerprint density at radius 1 is 1.12 bits per heavy atom. The second kappa shape index (κ2) is 6.14. The first-order valence-corrected chi connectivity index (χ1v) is 10.7. The zero-order valence-corrected chi connectivity index (χ0v) is 18.6. The maximum absolute atomic E-state index is 13.2. The zero-order chi connectivity index (χ0) is 18.9. The van der Waals surface area contributed by atoms with Crippen molar-refractivity contribution in [1.82, 2.24) is 4.90 Å². The molecule has 140 valence electrons. The van der Waals surface area contributed by atoms with Crippen LogP contribution in [-0.4, -0.2) is 35.3 Å². The molecule has 2 aliphatic heterocycles. The van der Waals surface area contributed by atoms with Crippen LogP contribution in [0.25, 0.3) is 0 Å². The number of nitrogens with zero attached hydrogens (tertiary/aromatic N) is 2. The molecule has 0 aromatic heterocycles. The number of carbonyl (C=O) groups excluding carboxylic acids is 2. The highest BCUT2D eigenvalue weighted by molar-refractivity contribution is 9.11. The lowest BCUT2D eigenvalue weighted by molar-refractivity contribution is -0.123. The van der Waals surface area contributed by atoms with Gasteiger partial charge in [0, 0.05) is 21.5 Å². The van der Waals surface area contributed by atoms with E-state index in [0.717, 1.165) is 28.3 Å². The smallest absolute Gasteiger partial charge is 0.251 e. The lowest BCUT2D eigenvalue weighted by Crippen LogP contribution is -2.45. The summed E-state index contributed by atoms with van der Waals surface area (Å²) in [5.41, 5.74) is 1.19. The fraction of sp³-hybridized carbons (Fsp3) is 0.600. The number of fused-ring (bicyclic) bond motifs is 2. The molecule has 2 unspecified atom stereocenters. The van der Waals surface area contributed by atoms with Gasteiger partial charge in [0.15, 0.2) is 0 Å². The Bertz CT molecular complexity index is 794. The minimum Gasteiger partial charge on any atom is -0.288 e. The molecule has 3 atom stereocenters. The Morgan fingerprint density at radius 2 is 1.85 bits per heavy atom. The molecule has 0 radical (unpaired) electrons. The van der Waals surface area contributed by atoms with Gasteiger partial charge in [-0.25, -0.2) is 4.90 Å². The van der Waals surface area contributed by atoms with E-state index in [-0.39, 0.29) is 29.7 Å². The van der Waals surface area contributed by atoms with Gasteiger partial charge in [0.25, 0.3) is 5.91 Å². The minimum absolute atomic E-state index is 0.0769. The first-order valence-electron chi connectivity index (χ1n) is 9.16. The molecule has 2 amide bonds. The molecule has 0 spiro atoms. The molecule has 2 heterocycles. The molecule has 3 aliphatic rings. The average molecular weight is 484 g/mol. The van der Waals surface area contributed by atoms with Crippen molar-refractivity contribution in [1.29, 1.82) is 0 Å². The lowest BCUT2D eigenvalue weighted by Gasteiger charge is -2.40. The van der Waals surface area contributed by atoms with Crippen LogP contribution in [-0.2, 0) is 9.59 Å². The summed E-state index contributed by atoms with van der Waals surface area (Å²) in [5.74, 6) is -0.180. The molecular formula is C20H24Br2N2O2. The highest BCUT2D eigenvalue weighted by Gasteiger charge is 2.55. The summed E-state index contributed by atoms with van der Waals surface area (Å²) in [4.78, 5) is 29.7. The number of anilines is 1. The van der Waals surface area contributed by atoms with Gasteiger partial charge in [0.2, 0.25) is 5.91 Å². The predicted octanol–water partition coefficient (Wildman–Crippen LogP) is 4.74. The Hall–Kier alpha value is -0.720. The number of likely N-dealkylation sites (tertiary alicyclic amines) is 1.